The fourth-order valence-electron chi connectivity index (χ4n) is 9.52. The monoisotopic (exact) mass is 794 g/mol. The van der Waals surface area contributed by atoms with Gasteiger partial charge in [-0.15, -0.1) is 0 Å². The van der Waals surface area contributed by atoms with Crippen molar-refractivity contribution in [3.8, 4) is 39.9 Å². The van der Waals surface area contributed by atoms with Gasteiger partial charge in [-0.1, -0.05) is 109 Å². The lowest BCUT2D eigenvalue weighted by Gasteiger charge is -2.15. The molecule has 0 aliphatic carbocycles. The Bertz CT molecular complexity index is 4060. The molecule has 0 aliphatic heterocycles. The van der Waals surface area contributed by atoms with Crippen LogP contribution in [0.2, 0.25) is 0 Å². The van der Waals surface area contributed by atoms with Crippen molar-refractivity contribution in [2.24, 2.45) is 0 Å². The Balaban J connectivity index is 1.08. The van der Waals surface area contributed by atoms with Crippen molar-refractivity contribution < 1.29 is 13.3 Å². The van der Waals surface area contributed by atoms with Crippen LogP contribution in [0.5, 0.6) is 0 Å². The van der Waals surface area contributed by atoms with E-state index in [4.69, 9.17) is 28.2 Å². The summed E-state index contributed by atoms with van der Waals surface area (Å²) in [6.45, 7) is 0. The van der Waals surface area contributed by atoms with E-state index in [2.05, 4.69) is 120 Å². The number of aromatic nitrogens is 4. The lowest BCUT2D eigenvalue weighted by molar-refractivity contribution is 0.668. The quantitative estimate of drug-likeness (QED) is 0.176. The molecule has 0 amide bonds. The van der Waals surface area contributed by atoms with Gasteiger partial charge in [-0.2, -0.15) is 0 Å². The minimum absolute atomic E-state index is 0.522. The van der Waals surface area contributed by atoms with Gasteiger partial charge in [0.15, 0.2) is 17.5 Å². The van der Waals surface area contributed by atoms with Crippen LogP contribution in [0.15, 0.2) is 195 Å². The van der Waals surface area contributed by atoms with E-state index in [9.17, 15) is 0 Å². The van der Waals surface area contributed by atoms with E-state index in [1.54, 1.807) is 0 Å². The SMILES string of the molecule is c1ccc2cc3c(cc2c1)c1ccccc1n3-c1cc2oc3ccccc3c2cc1-c1nc(-c2ccc3c(c2)oc2ccccc23)nc(-c2ccc3c(c2)oc2ccccc23)n1. The zero-order valence-corrected chi connectivity index (χ0v) is 32.8. The molecule has 9 aromatic carbocycles. The van der Waals surface area contributed by atoms with E-state index < -0.39 is 0 Å². The summed E-state index contributed by atoms with van der Waals surface area (Å²) in [6, 6.07) is 62.8. The van der Waals surface area contributed by atoms with Gasteiger partial charge in [0, 0.05) is 65.8 Å². The van der Waals surface area contributed by atoms with Crippen molar-refractivity contribution in [2.75, 3.05) is 0 Å². The first-order valence-electron chi connectivity index (χ1n) is 20.7. The molecule has 14 aromatic rings. The zero-order valence-electron chi connectivity index (χ0n) is 32.8. The van der Waals surface area contributed by atoms with Gasteiger partial charge in [0.25, 0.3) is 0 Å². The molecular formula is C55H30N4O3. The molecule has 0 atom stereocenters. The number of rotatable bonds is 4. The average Bonchev–Trinajstić information content (AvgIpc) is 4.08. The Labute approximate surface area is 351 Å². The second-order valence-electron chi connectivity index (χ2n) is 16.0. The van der Waals surface area contributed by atoms with E-state index in [-0.39, 0.29) is 0 Å². The van der Waals surface area contributed by atoms with Crippen molar-refractivity contribution in [3.63, 3.8) is 0 Å². The molecule has 0 saturated heterocycles. The number of hydrogen-bond acceptors (Lipinski definition) is 6. The average molecular weight is 795 g/mol. The third-order valence-corrected chi connectivity index (χ3v) is 12.4. The van der Waals surface area contributed by atoms with Crippen LogP contribution in [0.3, 0.4) is 0 Å². The van der Waals surface area contributed by atoms with Gasteiger partial charge >= 0.3 is 0 Å². The number of para-hydroxylation sites is 4. The second kappa shape index (κ2) is 12.5. The Morgan fingerprint density at radius 2 is 0.774 bits per heavy atom. The smallest absolute Gasteiger partial charge is 0.166 e. The van der Waals surface area contributed by atoms with Gasteiger partial charge in [0.2, 0.25) is 0 Å². The number of furan rings is 3. The molecule has 0 fully saturated rings. The van der Waals surface area contributed by atoms with Gasteiger partial charge in [-0.3, -0.25) is 0 Å². The standard InChI is InChI=1S/C55H30N4O3/c1-2-12-32-26-45-41(25-31(32)11-1)35-13-3-7-17-44(35)59(45)46-30-52-42(38-16-6-10-20-49(38)62-52)29-43(46)55-57-53(33-21-23-39-36-14-4-8-18-47(36)60-50(39)27-33)56-54(58-55)34-22-24-40-37-15-5-9-19-48(37)61-51(40)28-34/h1-30H. The summed E-state index contributed by atoms with van der Waals surface area (Å²) in [5.74, 6) is 1.56. The fraction of sp³-hybridized carbons (Fsp3) is 0. The van der Waals surface area contributed by atoms with Crippen LogP contribution in [0.25, 0.3) is 138 Å². The predicted molar refractivity (Wildman–Crippen MR) is 250 cm³/mol. The van der Waals surface area contributed by atoms with E-state index in [1.807, 2.05) is 66.7 Å². The first-order valence-corrected chi connectivity index (χ1v) is 20.7. The Morgan fingerprint density at radius 3 is 1.39 bits per heavy atom. The van der Waals surface area contributed by atoms with Crippen LogP contribution in [0, 0.1) is 0 Å². The highest BCUT2D eigenvalue weighted by Gasteiger charge is 2.23. The largest absolute Gasteiger partial charge is 0.456 e. The van der Waals surface area contributed by atoms with Gasteiger partial charge in [-0.25, -0.2) is 15.0 Å². The highest BCUT2D eigenvalue weighted by atomic mass is 16.3. The lowest BCUT2D eigenvalue weighted by Crippen LogP contribution is -2.04. The summed E-state index contributed by atoms with van der Waals surface area (Å²) >= 11 is 0. The molecule has 5 heterocycles. The summed E-state index contributed by atoms with van der Waals surface area (Å²) < 4.78 is 21.7. The molecule has 5 aromatic heterocycles. The van der Waals surface area contributed by atoms with Gasteiger partial charge in [-0.05, 0) is 77.5 Å². The fourth-order valence-corrected chi connectivity index (χ4v) is 9.52. The summed E-state index contributed by atoms with van der Waals surface area (Å²) in [6.07, 6.45) is 0. The zero-order chi connectivity index (χ0) is 40.5. The molecule has 288 valence electrons. The van der Waals surface area contributed by atoms with Crippen LogP contribution in [0.1, 0.15) is 0 Å². The van der Waals surface area contributed by atoms with Crippen molar-refractivity contribution >= 4 is 98.4 Å². The summed E-state index contributed by atoms with van der Waals surface area (Å²) in [5, 5.41) is 10.8. The van der Waals surface area contributed by atoms with Crippen molar-refractivity contribution in [3.05, 3.63) is 182 Å². The molecule has 0 spiro atoms. The van der Waals surface area contributed by atoms with Crippen LogP contribution < -0.4 is 0 Å². The first kappa shape index (κ1) is 33.3. The molecule has 0 unspecified atom stereocenters. The third-order valence-electron chi connectivity index (χ3n) is 12.4. The second-order valence-corrected chi connectivity index (χ2v) is 16.0. The normalized spacial score (nSPS) is 12.2. The molecule has 7 heteroatoms. The number of hydrogen-bond donors (Lipinski definition) is 0. The summed E-state index contributed by atoms with van der Waals surface area (Å²) in [5.41, 5.74) is 10.3. The number of benzene rings is 9. The van der Waals surface area contributed by atoms with Crippen molar-refractivity contribution in [1.29, 1.82) is 0 Å². The Morgan fingerprint density at radius 1 is 0.306 bits per heavy atom. The molecule has 0 bridgehead atoms. The van der Waals surface area contributed by atoms with Gasteiger partial charge in [0.05, 0.1) is 16.7 Å². The van der Waals surface area contributed by atoms with Gasteiger partial charge < -0.3 is 17.8 Å². The molecule has 7 nitrogen and oxygen atoms in total. The molecule has 0 saturated carbocycles. The van der Waals surface area contributed by atoms with Crippen LogP contribution in [-0.2, 0) is 0 Å². The van der Waals surface area contributed by atoms with E-state index in [0.29, 0.717) is 17.5 Å². The van der Waals surface area contributed by atoms with Crippen molar-refractivity contribution in [2.45, 2.75) is 0 Å². The maximum absolute atomic E-state index is 6.61. The first-order chi connectivity index (χ1) is 30.7. The maximum atomic E-state index is 6.61. The van der Waals surface area contributed by atoms with Gasteiger partial charge in [0.1, 0.15) is 33.5 Å². The minimum Gasteiger partial charge on any atom is -0.456 e. The summed E-state index contributed by atoms with van der Waals surface area (Å²) in [7, 11) is 0. The Kier molecular flexibility index (Phi) is 6.71. The van der Waals surface area contributed by atoms with Crippen LogP contribution in [-0.4, -0.2) is 19.5 Å². The summed E-state index contributed by atoms with van der Waals surface area (Å²) in [4.78, 5) is 16.0. The maximum Gasteiger partial charge on any atom is 0.166 e. The van der Waals surface area contributed by atoms with E-state index in [1.165, 1.54) is 5.39 Å². The predicted octanol–water partition coefficient (Wildman–Crippen LogP) is 14.8. The van der Waals surface area contributed by atoms with E-state index in [0.717, 1.165) is 115 Å². The topological polar surface area (TPSA) is 83.0 Å². The molecule has 0 radical (unpaired) electrons. The molecule has 62 heavy (non-hydrogen) atoms. The van der Waals surface area contributed by atoms with E-state index >= 15 is 0 Å². The highest BCUT2D eigenvalue weighted by molar-refractivity contribution is 6.15. The Hall–Kier alpha value is -8.55. The number of fused-ring (bicyclic) bond motifs is 13. The molecule has 0 aliphatic rings. The van der Waals surface area contributed by atoms with Crippen LogP contribution in [0.4, 0.5) is 0 Å². The molecule has 0 N–H and O–H groups in total. The third kappa shape index (κ3) is 4.84. The highest BCUT2D eigenvalue weighted by Crippen LogP contribution is 2.42. The lowest BCUT2D eigenvalue weighted by atomic mass is 10.0. The van der Waals surface area contributed by atoms with Crippen LogP contribution >= 0.6 is 0 Å². The number of nitrogens with zero attached hydrogens (tertiary/aromatic N) is 4. The molecular weight excluding hydrogens is 765 g/mol. The minimum atomic E-state index is 0.522. The van der Waals surface area contributed by atoms with Crippen molar-refractivity contribution in [1.82, 2.24) is 19.5 Å². The molecule has 14 rings (SSSR count).